The van der Waals surface area contributed by atoms with Crippen LogP contribution in [0.15, 0.2) is 23.7 Å². The van der Waals surface area contributed by atoms with E-state index < -0.39 is 0 Å². The van der Waals surface area contributed by atoms with Crippen LogP contribution in [0, 0.1) is 0 Å². The van der Waals surface area contributed by atoms with E-state index in [2.05, 4.69) is 41.4 Å². The fourth-order valence-corrected chi connectivity index (χ4v) is 2.60. The second kappa shape index (κ2) is 6.22. The number of nitrogens with zero attached hydrogens (tertiary/aromatic N) is 2. The molecule has 20 heavy (non-hydrogen) atoms. The highest BCUT2D eigenvalue weighted by Gasteiger charge is 2.17. The Kier molecular flexibility index (Phi) is 4.60. The maximum atomic E-state index is 5.49. The molecular weight excluding hydrogens is 270 g/mol. The number of rotatable bonds is 5. The average Bonchev–Trinajstić information content (AvgIpc) is 2.87. The largest absolute Gasteiger partial charge is 0.476 e. The number of nitrogens with one attached hydrogen (secondary N) is 1. The van der Waals surface area contributed by atoms with E-state index in [-0.39, 0.29) is 5.41 Å². The van der Waals surface area contributed by atoms with Gasteiger partial charge in [0.1, 0.15) is 0 Å². The summed E-state index contributed by atoms with van der Waals surface area (Å²) >= 11 is 1.71. The van der Waals surface area contributed by atoms with Crippen LogP contribution in [0.1, 0.15) is 38.4 Å². The van der Waals surface area contributed by atoms with E-state index in [0.717, 1.165) is 16.4 Å². The molecule has 1 N–H and O–H groups in total. The predicted molar refractivity (Wildman–Crippen MR) is 83.5 cm³/mol. The molecule has 0 fully saturated rings. The lowest BCUT2D eigenvalue weighted by molar-refractivity contribution is 0.328. The van der Waals surface area contributed by atoms with Gasteiger partial charge < -0.3 is 10.1 Å². The van der Waals surface area contributed by atoms with Crippen molar-refractivity contribution in [3.8, 4) is 5.88 Å². The quantitative estimate of drug-likeness (QED) is 0.909. The summed E-state index contributed by atoms with van der Waals surface area (Å²) in [7, 11) is 0. The molecule has 0 aliphatic carbocycles. The summed E-state index contributed by atoms with van der Waals surface area (Å²) in [5.41, 5.74) is 2.05. The molecule has 0 spiro atoms. The predicted octanol–water partition coefficient (Wildman–Crippen LogP) is 3.85. The lowest BCUT2D eigenvalue weighted by Crippen LogP contribution is -2.11. The van der Waals surface area contributed by atoms with Crippen molar-refractivity contribution in [1.82, 2.24) is 9.97 Å². The number of ether oxygens (including phenoxy) is 1. The highest BCUT2D eigenvalue weighted by atomic mass is 32.1. The molecule has 2 aromatic heterocycles. The van der Waals surface area contributed by atoms with Crippen molar-refractivity contribution < 1.29 is 4.74 Å². The van der Waals surface area contributed by atoms with Gasteiger partial charge >= 0.3 is 0 Å². The maximum absolute atomic E-state index is 5.49. The van der Waals surface area contributed by atoms with Gasteiger partial charge in [-0.25, -0.2) is 9.97 Å². The van der Waals surface area contributed by atoms with Gasteiger partial charge in [0.15, 0.2) is 0 Å². The molecule has 0 saturated carbocycles. The molecule has 108 valence electrons. The topological polar surface area (TPSA) is 47.0 Å². The fraction of sp³-hybridized carbons (Fsp3) is 0.467. The lowest BCUT2D eigenvalue weighted by Gasteiger charge is -2.13. The van der Waals surface area contributed by atoms with Crippen LogP contribution in [0.3, 0.4) is 0 Å². The molecule has 0 aliphatic heterocycles. The van der Waals surface area contributed by atoms with Crippen molar-refractivity contribution in [3.63, 3.8) is 0 Å². The minimum Gasteiger partial charge on any atom is -0.476 e. The normalized spacial score (nSPS) is 11.4. The van der Waals surface area contributed by atoms with E-state index >= 15 is 0 Å². The van der Waals surface area contributed by atoms with Crippen LogP contribution in [0.25, 0.3) is 0 Å². The molecule has 0 atom stereocenters. The van der Waals surface area contributed by atoms with E-state index in [9.17, 15) is 0 Å². The zero-order chi connectivity index (χ0) is 14.6. The Morgan fingerprint density at radius 2 is 2.15 bits per heavy atom. The Bertz CT molecular complexity index is 560. The molecule has 0 aliphatic rings. The van der Waals surface area contributed by atoms with E-state index in [0.29, 0.717) is 19.0 Å². The number of aromatic nitrogens is 2. The van der Waals surface area contributed by atoms with Crippen molar-refractivity contribution >= 4 is 17.0 Å². The van der Waals surface area contributed by atoms with E-state index in [1.807, 2.05) is 19.1 Å². The number of hydrogen-bond acceptors (Lipinski definition) is 5. The van der Waals surface area contributed by atoms with Crippen LogP contribution in [-0.2, 0) is 12.0 Å². The highest BCUT2D eigenvalue weighted by molar-refractivity contribution is 7.09. The van der Waals surface area contributed by atoms with Crippen LogP contribution in [0.2, 0.25) is 0 Å². The monoisotopic (exact) mass is 291 g/mol. The third-order valence-corrected chi connectivity index (χ3v) is 4.02. The van der Waals surface area contributed by atoms with Crippen LogP contribution >= 0.6 is 11.3 Å². The number of thiazole rings is 1. The Balaban J connectivity index is 2.04. The van der Waals surface area contributed by atoms with Crippen molar-refractivity contribution in [2.24, 2.45) is 0 Å². The van der Waals surface area contributed by atoms with Gasteiger partial charge in [-0.3, -0.25) is 0 Å². The summed E-state index contributed by atoms with van der Waals surface area (Å²) in [4.78, 5) is 8.89. The molecule has 0 radical (unpaired) electrons. The van der Waals surface area contributed by atoms with Gasteiger partial charge in [-0.15, -0.1) is 11.3 Å². The summed E-state index contributed by atoms with van der Waals surface area (Å²) in [6.45, 7) is 9.77. The van der Waals surface area contributed by atoms with Gasteiger partial charge in [-0.2, -0.15) is 0 Å². The summed E-state index contributed by atoms with van der Waals surface area (Å²) in [5.74, 6) is 0.640. The minimum absolute atomic E-state index is 0.105. The molecule has 2 heterocycles. The summed E-state index contributed by atoms with van der Waals surface area (Å²) in [6, 6.07) is 3.86. The first-order chi connectivity index (χ1) is 9.50. The standard InChI is InChI=1S/C15H21N3OS/c1-5-19-13-12(7-6-8-16-13)17-9-11-10-20-14(18-11)15(2,3)4/h6-8,10,17H,5,9H2,1-4H3. The molecule has 2 rings (SSSR count). The second-order valence-corrected chi connectivity index (χ2v) is 6.39. The zero-order valence-electron chi connectivity index (χ0n) is 12.4. The van der Waals surface area contributed by atoms with Gasteiger partial charge in [0.25, 0.3) is 0 Å². The van der Waals surface area contributed by atoms with E-state index in [4.69, 9.17) is 4.74 Å². The third kappa shape index (κ3) is 3.70. The first kappa shape index (κ1) is 14.8. The summed E-state index contributed by atoms with van der Waals surface area (Å²) in [5, 5.41) is 6.60. The van der Waals surface area contributed by atoms with E-state index in [1.165, 1.54) is 0 Å². The maximum Gasteiger partial charge on any atom is 0.237 e. The van der Waals surface area contributed by atoms with Gasteiger partial charge in [0.05, 0.1) is 29.5 Å². The van der Waals surface area contributed by atoms with Gasteiger partial charge in [0, 0.05) is 17.0 Å². The van der Waals surface area contributed by atoms with Gasteiger partial charge in [-0.05, 0) is 19.1 Å². The minimum atomic E-state index is 0.105. The molecular formula is C15H21N3OS. The average molecular weight is 291 g/mol. The molecule has 0 unspecified atom stereocenters. The molecule has 5 heteroatoms. The lowest BCUT2D eigenvalue weighted by atomic mass is 9.98. The Morgan fingerprint density at radius 1 is 1.35 bits per heavy atom. The number of anilines is 1. The van der Waals surface area contributed by atoms with E-state index in [1.54, 1.807) is 17.5 Å². The Labute approximate surface area is 124 Å². The zero-order valence-corrected chi connectivity index (χ0v) is 13.3. The molecule has 2 aromatic rings. The summed E-state index contributed by atoms with van der Waals surface area (Å²) < 4.78 is 5.49. The first-order valence-electron chi connectivity index (χ1n) is 6.77. The Hall–Kier alpha value is -1.62. The molecule has 0 amide bonds. The van der Waals surface area contributed by atoms with Crippen molar-refractivity contribution in [2.45, 2.75) is 39.7 Å². The van der Waals surface area contributed by atoms with Crippen LogP contribution in [-0.4, -0.2) is 16.6 Å². The van der Waals surface area contributed by atoms with Crippen LogP contribution < -0.4 is 10.1 Å². The molecule has 0 bridgehead atoms. The van der Waals surface area contributed by atoms with Crippen molar-refractivity contribution in [2.75, 3.05) is 11.9 Å². The Morgan fingerprint density at radius 3 is 2.80 bits per heavy atom. The molecule has 4 nitrogen and oxygen atoms in total. The van der Waals surface area contributed by atoms with Crippen molar-refractivity contribution in [3.05, 3.63) is 34.4 Å². The van der Waals surface area contributed by atoms with Gasteiger partial charge in [-0.1, -0.05) is 20.8 Å². The number of hydrogen-bond donors (Lipinski definition) is 1. The van der Waals surface area contributed by atoms with Crippen molar-refractivity contribution in [1.29, 1.82) is 0 Å². The number of pyridine rings is 1. The second-order valence-electron chi connectivity index (χ2n) is 5.54. The smallest absolute Gasteiger partial charge is 0.237 e. The van der Waals surface area contributed by atoms with Crippen LogP contribution in [0.5, 0.6) is 5.88 Å². The highest BCUT2D eigenvalue weighted by Crippen LogP contribution is 2.26. The molecule has 0 saturated heterocycles. The van der Waals surface area contributed by atoms with Crippen LogP contribution in [0.4, 0.5) is 5.69 Å². The SMILES string of the molecule is CCOc1ncccc1NCc1csc(C(C)(C)C)n1. The third-order valence-electron chi connectivity index (χ3n) is 2.71. The first-order valence-corrected chi connectivity index (χ1v) is 7.65. The molecule has 0 aromatic carbocycles. The summed E-state index contributed by atoms with van der Waals surface area (Å²) in [6.07, 6.45) is 1.73. The fourth-order valence-electron chi connectivity index (χ4n) is 1.70. The van der Waals surface area contributed by atoms with Gasteiger partial charge in [0.2, 0.25) is 5.88 Å².